The van der Waals surface area contributed by atoms with Gasteiger partial charge in [0.2, 0.25) is 5.91 Å². The molecule has 1 atom stereocenters. The largest absolute Gasteiger partial charge is 0.396 e. The van der Waals surface area contributed by atoms with E-state index >= 15 is 0 Å². The van der Waals surface area contributed by atoms with Crippen LogP contribution < -0.4 is 5.32 Å². The Balaban J connectivity index is 3.68. The van der Waals surface area contributed by atoms with Crippen molar-refractivity contribution in [2.75, 3.05) is 26.7 Å². The first kappa shape index (κ1) is 14.4. The zero-order chi connectivity index (χ0) is 11.7. The molecule has 0 bridgehead atoms. The zero-order valence-electron chi connectivity index (χ0n) is 10.1. The quantitative estimate of drug-likeness (QED) is 0.584. The molecular formula is C11H24N2O2. The number of hydrogen-bond acceptors (Lipinski definition) is 3. The van der Waals surface area contributed by atoms with Gasteiger partial charge >= 0.3 is 0 Å². The Morgan fingerprint density at radius 3 is 2.60 bits per heavy atom. The summed E-state index contributed by atoms with van der Waals surface area (Å²) < 4.78 is 0. The topological polar surface area (TPSA) is 52.6 Å². The number of aliphatic hydroxyl groups is 1. The van der Waals surface area contributed by atoms with Crippen molar-refractivity contribution in [3.8, 4) is 0 Å². The number of unbranched alkanes of at least 4 members (excludes halogenated alkanes) is 2. The Morgan fingerprint density at radius 2 is 2.07 bits per heavy atom. The second-order valence-corrected chi connectivity index (χ2v) is 3.84. The number of nitrogens with one attached hydrogen (secondary N) is 1. The number of likely N-dealkylation sites (N-methyl/N-ethyl adjacent to an activating group) is 2. The highest BCUT2D eigenvalue weighted by Gasteiger charge is 2.16. The molecule has 4 nitrogen and oxygen atoms in total. The summed E-state index contributed by atoms with van der Waals surface area (Å²) in [5.74, 6) is 0.0853. The SMILES string of the molecule is CCNC(=O)C(C)N(C)CCCCCO. The minimum Gasteiger partial charge on any atom is -0.396 e. The van der Waals surface area contributed by atoms with Crippen molar-refractivity contribution in [2.24, 2.45) is 0 Å². The minimum atomic E-state index is -0.0703. The van der Waals surface area contributed by atoms with Crippen molar-refractivity contribution in [1.82, 2.24) is 10.2 Å². The van der Waals surface area contributed by atoms with Crippen molar-refractivity contribution in [2.45, 2.75) is 39.2 Å². The van der Waals surface area contributed by atoms with Gasteiger partial charge < -0.3 is 10.4 Å². The summed E-state index contributed by atoms with van der Waals surface area (Å²) >= 11 is 0. The molecule has 0 spiro atoms. The number of amides is 1. The van der Waals surface area contributed by atoms with Gasteiger partial charge in [0.05, 0.1) is 6.04 Å². The summed E-state index contributed by atoms with van der Waals surface area (Å²) in [5.41, 5.74) is 0. The average Bonchev–Trinajstić information content (AvgIpc) is 2.23. The fourth-order valence-electron chi connectivity index (χ4n) is 1.37. The number of hydrogen-bond donors (Lipinski definition) is 2. The number of aliphatic hydroxyl groups excluding tert-OH is 1. The molecule has 0 aromatic rings. The maximum atomic E-state index is 11.5. The molecule has 4 heteroatoms. The molecule has 0 radical (unpaired) electrons. The summed E-state index contributed by atoms with van der Waals surface area (Å²) in [7, 11) is 1.96. The van der Waals surface area contributed by atoms with Crippen molar-refractivity contribution >= 4 is 5.91 Å². The molecule has 0 heterocycles. The maximum Gasteiger partial charge on any atom is 0.237 e. The van der Waals surface area contributed by atoms with Crippen LogP contribution in [0, 0.1) is 0 Å². The van der Waals surface area contributed by atoms with E-state index in [2.05, 4.69) is 5.32 Å². The minimum absolute atomic E-state index is 0.0703. The third kappa shape index (κ3) is 6.47. The van der Waals surface area contributed by atoms with Crippen LogP contribution in [-0.4, -0.2) is 48.7 Å². The van der Waals surface area contributed by atoms with Gasteiger partial charge in [-0.2, -0.15) is 0 Å². The lowest BCUT2D eigenvalue weighted by molar-refractivity contribution is -0.125. The maximum absolute atomic E-state index is 11.5. The number of nitrogens with zero attached hydrogens (tertiary/aromatic N) is 1. The van der Waals surface area contributed by atoms with Gasteiger partial charge in [-0.05, 0) is 46.7 Å². The first-order valence-electron chi connectivity index (χ1n) is 5.72. The van der Waals surface area contributed by atoms with E-state index in [1.807, 2.05) is 25.8 Å². The van der Waals surface area contributed by atoms with E-state index in [4.69, 9.17) is 5.11 Å². The Morgan fingerprint density at radius 1 is 1.40 bits per heavy atom. The van der Waals surface area contributed by atoms with Gasteiger partial charge in [0.15, 0.2) is 0 Å². The smallest absolute Gasteiger partial charge is 0.237 e. The Hall–Kier alpha value is -0.610. The van der Waals surface area contributed by atoms with Gasteiger partial charge in [-0.15, -0.1) is 0 Å². The molecule has 0 fully saturated rings. The van der Waals surface area contributed by atoms with Gasteiger partial charge in [0.1, 0.15) is 0 Å². The van der Waals surface area contributed by atoms with Gasteiger partial charge in [0.25, 0.3) is 0 Å². The number of rotatable bonds is 8. The van der Waals surface area contributed by atoms with Crippen molar-refractivity contribution in [3.63, 3.8) is 0 Å². The first-order valence-corrected chi connectivity index (χ1v) is 5.72. The number of carbonyl (C=O) groups is 1. The Bertz CT molecular complexity index is 174. The van der Waals surface area contributed by atoms with Crippen LogP contribution in [-0.2, 0) is 4.79 Å². The fourth-order valence-corrected chi connectivity index (χ4v) is 1.37. The van der Waals surface area contributed by atoms with Gasteiger partial charge in [-0.1, -0.05) is 0 Å². The first-order chi connectivity index (χ1) is 7.13. The predicted octanol–water partition coefficient (Wildman–Crippen LogP) is 0.605. The fraction of sp³-hybridized carbons (Fsp3) is 0.909. The van der Waals surface area contributed by atoms with E-state index in [9.17, 15) is 4.79 Å². The summed E-state index contributed by atoms with van der Waals surface area (Å²) in [6.07, 6.45) is 2.90. The Kier molecular flexibility index (Phi) is 8.33. The molecule has 0 saturated carbocycles. The molecular weight excluding hydrogens is 192 g/mol. The second kappa shape index (κ2) is 8.68. The highest BCUT2D eigenvalue weighted by atomic mass is 16.2. The molecule has 1 unspecified atom stereocenters. The molecule has 0 aliphatic heterocycles. The normalized spacial score (nSPS) is 12.9. The summed E-state index contributed by atoms with van der Waals surface area (Å²) in [4.78, 5) is 13.5. The highest BCUT2D eigenvalue weighted by molar-refractivity contribution is 5.81. The van der Waals surface area contributed by atoms with Crippen molar-refractivity contribution in [1.29, 1.82) is 0 Å². The molecule has 0 aliphatic carbocycles. The molecule has 0 rings (SSSR count). The van der Waals surface area contributed by atoms with Crippen LogP contribution in [0.25, 0.3) is 0 Å². The molecule has 0 aliphatic rings. The van der Waals surface area contributed by atoms with Crippen molar-refractivity contribution < 1.29 is 9.90 Å². The third-order valence-corrected chi connectivity index (χ3v) is 2.56. The van der Waals surface area contributed by atoms with E-state index in [0.29, 0.717) is 6.54 Å². The predicted molar refractivity (Wildman–Crippen MR) is 61.7 cm³/mol. The third-order valence-electron chi connectivity index (χ3n) is 2.56. The van der Waals surface area contributed by atoms with Gasteiger partial charge in [-0.25, -0.2) is 0 Å². The van der Waals surface area contributed by atoms with Crippen LogP contribution in [0.2, 0.25) is 0 Å². The van der Waals surface area contributed by atoms with Crippen LogP contribution in [0.15, 0.2) is 0 Å². The van der Waals surface area contributed by atoms with E-state index in [0.717, 1.165) is 25.8 Å². The van der Waals surface area contributed by atoms with Crippen molar-refractivity contribution in [3.05, 3.63) is 0 Å². The molecule has 90 valence electrons. The van der Waals surface area contributed by atoms with Crippen LogP contribution in [0.1, 0.15) is 33.1 Å². The van der Waals surface area contributed by atoms with E-state index in [1.54, 1.807) is 0 Å². The lowest BCUT2D eigenvalue weighted by Crippen LogP contribution is -2.43. The highest BCUT2D eigenvalue weighted by Crippen LogP contribution is 2.01. The molecule has 0 aromatic heterocycles. The summed E-state index contributed by atoms with van der Waals surface area (Å²) in [5, 5.41) is 11.4. The molecule has 0 saturated heterocycles. The second-order valence-electron chi connectivity index (χ2n) is 3.84. The van der Waals surface area contributed by atoms with E-state index in [-0.39, 0.29) is 18.6 Å². The van der Waals surface area contributed by atoms with E-state index < -0.39 is 0 Å². The molecule has 2 N–H and O–H groups in total. The molecule has 0 aromatic carbocycles. The van der Waals surface area contributed by atoms with Gasteiger partial charge in [-0.3, -0.25) is 9.69 Å². The number of carbonyl (C=O) groups excluding carboxylic acids is 1. The molecule has 1 amide bonds. The zero-order valence-corrected chi connectivity index (χ0v) is 10.1. The van der Waals surface area contributed by atoms with Crippen LogP contribution >= 0.6 is 0 Å². The van der Waals surface area contributed by atoms with Gasteiger partial charge in [0, 0.05) is 13.2 Å². The van der Waals surface area contributed by atoms with E-state index in [1.165, 1.54) is 0 Å². The lowest BCUT2D eigenvalue weighted by Gasteiger charge is -2.23. The summed E-state index contributed by atoms with van der Waals surface area (Å²) in [6.45, 7) is 5.68. The lowest BCUT2D eigenvalue weighted by atomic mass is 10.2. The average molecular weight is 216 g/mol. The monoisotopic (exact) mass is 216 g/mol. The van der Waals surface area contributed by atoms with Crippen LogP contribution in [0.4, 0.5) is 0 Å². The molecule has 15 heavy (non-hydrogen) atoms. The van der Waals surface area contributed by atoms with Crippen LogP contribution in [0.3, 0.4) is 0 Å². The summed E-state index contributed by atoms with van der Waals surface area (Å²) in [6, 6.07) is -0.0703. The standard InChI is InChI=1S/C11H24N2O2/c1-4-12-11(15)10(2)13(3)8-6-5-7-9-14/h10,14H,4-9H2,1-3H3,(H,12,15). The Labute approximate surface area is 92.7 Å². The van der Waals surface area contributed by atoms with Crippen LogP contribution in [0.5, 0.6) is 0 Å².